The molecule has 0 saturated carbocycles. The smallest absolute Gasteiger partial charge is 0.463 e. The first-order chi connectivity index (χ1) is 27.8. The molecule has 0 aromatic carbocycles. The Labute approximate surface area is 348 Å². The molecule has 10 heteroatoms. The highest BCUT2D eigenvalue weighted by Gasteiger charge is 2.23. The van der Waals surface area contributed by atoms with Gasteiger partial charge in [0.1, 0.15) is 12.7 Å². The highest BCUT2D eigenvalue weighted by Crippen LogP contribution is 2.42. The SMILES string of the molecule is CCCCC/C=C\C/C=C\C/C=C\C/C=C\CCCCCCCC(=O)OCC(O)COP(=O)(O)OCCNC(=O)CCCCCCC/C=C\C/C=C\CCCCC. The molecule has 0 aliphatic carbocycles. The Kier molecular flexibility index (Phi) is 41.1. The van der Waals surface area contributed by atoms with Crippen molar-refractivity contribution in [3.8, 4) is 0 Å². The molecular formula is C47H82NO8P. The molecule has 0 aliphatic heterocycles. The van der Waals surface area contributed by atoms with Gasteiger partial charge in [-0.2, -0.15) is 0 Å². The number of unbranched alkanes of at least 4 members (excludes halogenated alkanes) is 16. The predicted molar refractivity (Wildman–Crippen MR) is 238 cm³/mol. The van der Waals surface area contributed by atoms with Crippen LogP contribution in [-0.2, 0) is 27.9 Å². The Hall–Kier alpha value is -2.55. The van der Waals surface area contributed by atoms with Crippen LogP contribution in [0.3, 0.4) is 0 Å². The number of phosphoric acid groups is 1. The fraction of sp³-hybridized carbons (Fsp3) is 0.702. The molecule has 1 amide bonds. The van der Waals surface area contributed by atoms with Crippen LogP contribution in [0.25, 0.3) is 0 Å². The molecule has 2 unspecified atom stereocenters. The molecule has 0 aromatic heterocycles. The van der Waals surface area contributed by atoms with Crippen molar-refractivity contribution in [1.82, 2.24) is 5.32 Å². The third-order valence-corrected chi connectivity index (χ3v) is 10.1. The summed E-state index contributed by atoms with van der Waals surface area (Å²) in [5.41, 5.74) is 0. The van der Waals surface area contributed by atoms with Crippen molar-refractivity contribution in [3.05, 3.63) is 72.9 Å². The first kappa shape index (κ1) is 54.5. The van der Waals surface area contributed by atoms with Crippen molar-refractivity contribution in [2.45, 2.75) is 187 Å². The van der Waals surface area contributed by atoms with E-state index in [-0.39, 0.29) is 32.1 Å². The number of carbonyl (C=O) groups excluding carboxylic acids is 2. The van der Waals surface area contributed by atoms with E-state index >= 15 is 0 Å². The van der Waals surface area contributed by atoms with E-state index in [1.807, 2.05) is 0 Å². The number of allylic oxidation sites excluding steroid dienone is 12. The van der Waals surface area contributed by atoms with E-state index in [0.717, 1.165) is 96.3 Å². The van der Waals surface area contributed by atoms with Gasteiger partial charge >= 0.3 is 13.8 Å². The number of nitrogens with one attached hydrogen (secondary N) is 1. The second-order valence-electron chi connectivity index (χ2n) is 14.7. The summed E-state index contributed by atoms with van der Waals surface area (Å²) >= 11 is 0. The molecule has 0 spiro atoms. The summed E-state index contributed by atoms with van der Waals surface area (Å²) in [4.78, 5) is 33.9. The number of aliphatic hydroxyl groups excluding tert-OH is 1. The van der Waals surface area contributed by atoms with Crippen LogP contribution in [0.2, 0.25) is 0 Å². The molecule has 0 bridgehead atoms. The van der Waals surface area contributed by atoms with Gasteiger partial charge in [0.05, 0.1) is 13.2 Å². The molecule has 2 atom stereocenters. The van der Waals surface area contributed by atoms with Crippen LogP contribution in [0, 0.1) is 0 Å². The van der Waals surface area contributed by atoms with Gasteiger partial charge in [0.25, 0.3) is 0 Å². The number of ether oxygens (including phenoxy) is 1. The average Bonchev–Trinajstić information content (AvgIpc) is 3.20. The molecule has 0 fully saturated rings. The van der Waals surface area contributed by atoms with Gasteiger partial charge in [-0.15, -0.1) is 0 Å². The van der Waals surface area contributed by atoms with E-state index in [2.05, 4.69) is 92.1 Å². The third kappa shape index (κ3) is 44.4. The molecule has 328 valence electrons. The number of amides is 1. The molecule has 0 aromatic rings. The molecule has 0 heterocycles. The van der Waals surface area contributed by atoms with Crippen LogP contribution in [0.5, 0.6) is 0 Å². The summed E-state index contributed by atoms with van der Waals surface area (Å²) in [6.07, 6.45) is 52.5. The first-order valence-electron chi connectivity index (χ1n) is 22.4. The molecular weight excluding hydrogens is 737 g/mol. The van der Waals surface area contributed by atoms with Gasteiger partial charge in [0.2, 0.25) is 5.91 Å². The van der Waals surface area contributed by atoms with Gasteiger partial charge in [-0.25, -0.2) is 4.57 Å². The van der Waals surface area contributed by atoms with Crippen LogP contribution in [0.4, 0.5) is 0 Å². The number of esters is 1. The van der Waals surface area contributed by atoms with Gasteiger partial charge in [-0.05, 0) is 89.9 Å². The topological polar surface area (TPSA) is 131 Å². The molecule has 0 radical (unpaired) electrons. The Morgan fingerprint density at radius 1 is 0.544 bits per heavy atom. The van der Waals surface area contributed by atoms with Crippen molar-refractivity contribution >= 4 is 19.7 Å². The van der Waals surface area contributed by atoms with Crippen LogP contribution in [0.1, 0.15) is 181 Å². The van der Waals surface area contributed by atoms with E-state index < -0.39 is 26.5 Å². The van der Waals surface area contributed by atoms with Gasteiger partial charge in [-0.3, -0.25) is 18.6 Å². The maximum absolute atomic E-state index is 12.1. The Morgan fingerprint density at radius 3 is 1.42 bits per heavy atom. The lowest BCUT2D eigenvalue weighted by atomic mass is 10.1. The number of rotatable bonds is 41. The molecule has 9 nitrogen and oxygen atoms in total. The molecule has 0 aliphatic rings. The molecule has 57 heavy (non-hydrogen) atoms. The van der Waals surface area contributed by atoms with Crippen LogP contribution in [-0.4, -0.2) is 54.3 Å². The highest BCUT2D eigenvalue weighted by molar-refractivity contribution is 7.47. The summed E-state index contributed by atoms with van der Waals surface area (Å²) in [5.74, 6) is -0.553. The minimum atomic E-state index is -4.43. The predicted octanol–water partition coefficient (Wildman–Crippen LogP) is 12.7. The monoisotopic (exact) mass is 820 g/mol. The molecule has 3 N–H and O–H groups in total. The number of carbonyl (C=O) groups is 2. The highest BCUT2D eigenvalue weighted by atomic mass is 31.2. The Balaban J connectivity index is 3.67. The average molecular weight is 820 g/mol. The van der Waals surface area contributed by atoms with E-state index in [4.69, 9.17) is 13.8 Å². The number of phosphoric ester groups is 1. The normalized spacial score (nSPS) is 14.0. The fourth-order valence-electron chi connectivity index (χ4n) is 5.69. The number of aliphatic hydroxyl groups is 1. The second-order valence-corrected chi connectivity index (χ2v) is 16.1. The van der Waals surface area contributed by atoms with E-state index in [9.17, 15) is 24.2 Å². The minimum Gasteiger partial charge on any atom is -0.463 e. The van der Waals surface area contributed by atoms with Crippen molar-refractivity contribution < 1.29 is 37.9 Å². The lowest BCUT2D eigenvalue weighted by Crippen LogP contribution is -2.27. The second kappa shape index (κ2) is 43.0. The lowest BCUT2D eigenvalue weighted by Gasteiger charge is -2.15. The fourth-order valence-corrected chi connectivity index (χ4v) is 6.44. The van der Waals surface area contributed by atoms with Gasteiger partial charge < -0.3 is 20.1 Å². The van der Waals surface area contributed by atoms with E-state index in [1.165, 1.54) is 51.4 Å². The van der Waals surface area contributed by atoms with Gasteiger partial charge in [0, 0.05) is 19.4 Å². The lowest BCUT2D eigenvalue weighted by molar-refractivity contribution is -0.147. The standard InChI is InChI=1S/C47H82NO8P/c1-3-5-7-9-11-13-15-17-19-20-21-22-23-24-26-28-30-32-34-36-38-40-47(51)54-43-45(49)44-56-57(52,53)55-42-41-48-46(50)39-37-35-33-31-29-27-25-18-16-14-12-10-8-6-4-2/h11-14,17-19,21-22,24-26,45,49H,3-10,15-16,20,23,27-44H2,1-2H3,(H,48,50)(H,52,53)/b13-11-,14-12-,19-17-,22-21-,25-18-,26-24-. The van der Waals surface area contributed by atoms with E-state index in [1.54, 1.807) is 0 Å². The van der Waals surface area contributed by atoms with Crippen LogP contribution in [0.15, 0.2) is 72.9 Å². The maximum atomic E-state index is 12.1. The quantitative estimate of drug-likeness (QED) is 0.0240. The molecule has 0 rings (SSSR count). The third-order valence-electron chi connectivity index (χ3n) is 9.11. The summed E-state index contributed by atoms with van der Waals surface area (Å²) in [6.45, 7) is 3.45. The summed E-state index contributed by atoms with van der Waals surface area (Å²) in [5, 5.41) is 12.7. The molecule has 0 saturated heterocycles. The van der Waals surface area contributed by atoms with E-state index in [0.29, 0.717) is 12.8 Å². The Bertz CT molecular complexity index is 1160. The van der Waals surface area contributed by atoms with Crippen molar-refractivity contribution in [2.75, 3.05) is 26.4 Å². The summed E-state index contributed by atoms with van der Waals surface area (Å²) in [6, 6.07) is 0. The van der Waals surface area contributed by atoms with Crippen LogP contribution < -0.4 is 5.32 Å². The van der Waals surface area contributed by atoms with Crippen molar-refractivity contribution in [3.63, 3.8) is 0 Å². The minimum absolute atomic E-state index is 0.0680. The number of hydrogen-bond acceptors (Lipinski definition) is 7. The summed E-state index contributed by atoms with van der Waals surface area (Å²) < 4.78 is 26.9. The van der Waals surface area contributed by atoms with Gasteiger partial charge in [0.15, 0.2) is 0 Å². The zero-order chi connectivity index (χ0) is 41.8. The van der Waals surface area contributed by atoms with Crippen molar-refractivity contribution in [1.29, 1.82) is 0 Å². The Morgan fingerprint density at radius 2 is 0.947 bits per heavy atom. The zero-order valence-electron chi connectivity index (χ0n) is 36.0. The maximum Gasteiger partial charge on any atom is 0.472 e. The summed E-state index contributed by atoms with van der Waals surface area (Å²) in [7, 11) is -4.43. The van der Waals surface area contributed by atoms with Crippen molar-refractivity contribution in [2.24, 2.45) is 0 Å². The van der Waals surface area contributed by atoms with Crippen LogP contribution >= 0.6 is 7.82 Å². The number of hydrogen-bond donors (Lipinski definition) is 3. The zero-order valence-corrected chi connectivity index (χ0v) is 36.9. The largest absolute Gasteiger partial charge is 0.472 e. The van der Waals surface area contributed by atoms with Gasteiger partial charge in [-0.1, -0.05) is 151 Å². The first-order valence-corrected chi connectivity index (χ1v) is 23.9.